The lowest BCUT2D eigenvalue weighted by Crippen LogP contribution is -1.94. The van der Waals surface area contributed by atoms with Crippen LogP contribution in [-0.4, -0.2) is 16.1 Å². The summed E-state index contributed by atoms with van der Waals surface area (Å²) in [6.07, 6.45) is 3.73. The Morgan fingerprint density at radius 3 is 2.68 bits per heavy atom. The Morgan fingerprint density at radius 2 is 2.00 bits per heavy atom. The molecule has 22 heavy (non-hydrogen) atoms. The van der Waals surface area contributed by atoms with Crippen LogP contribution in [-0.2, 0) is 0 Å². The maximum atomic E-state index is 14.4. The van der Waals surface area contributed by atoms with Crippen molar-refractivity contribution in [1.29, 1.82) is 0 Å². The van der Waals surface area contributed by atoms with E-state index in [-0.39, 0.29) is 11.4 Å². The summed E-state index contributed by atoms with van der Waals surface area (Å²) in [5.41, 5.74) is 3.18. The van der Waals surface area contributed by atoms with Gasteiger partial charge in [0.15, 0.2) is 0 Å². The van der Waals surface area contributed by atoms with E-state index in [0.717, 1.165) is 23.9 Å². The van der Waals surface area contributed by atoms with Crippen LogP contribution in [0.4, 0.5) is 4.39 Å². The summed E-state index contributed by atoms with van der Waals surface area (Å²) in [7, 11) is 0. The predicted octanol–water partition coefficient (Wildman–Crippen LogP) is 4.55. The highest BCUT2D eigenvalue weighted by molar-refractivity contribution is 6.04. The van der Waals surface area contributed by atoms with Gasteiger partial charge < -0.3 is 10.1 Å². The monoisotopic (exact) mass is 295 g/mol. The third-order valence-electron chi connectivity index (χ3n) is 4.27. The van der Waals surface area contributed by atoms with Gasteiger partial charge in [-0.1, -0.05) is 18.2 Å². The van der Waals surface area contributed by atoms with Crippen LogP contribution in [0.2, 0.25) is 0 Å². The molecule has 1 aliphatic carbocycles. The Labute approximate surface area is 126 Å². The number of aromatic nitrogens is 1. The van der Waals surface area contributed by atoms with Gasteiger partial charge in [-0.15, -0.1) is 0 Å². The maximum Gasteiger partial charge on any atom is 0.337 e. The normalized spacial score (nSPS) is 14.4. The Hall–Kier alpha value is -2.62. The summed E-state index contributed by atoms with van der Waals surface area (Å²) in [6, 6.07) is 10.7. The van der Waals surface area contributed by atoms with Gasteiger partial charge in [-0.3, -0.25) is 0 Å². The molecule has 1 aromatic heterocycles. The number of aromatic amines is 1. The molecule has 3 aromatic rings. The first-order valence-electron chi connectivity index (χ1n) is 7.28. The number of carboxylic acid groups (broad SMARTS) is 1. The molecule has 0 spiro atoms. The molecule has 1 heterocycles. The van der Waals surface area contributed by atoms with Gasteiger partial charge in [0.2, 0.25) is 0 Å². The molecule has 1 saturated carbocycles. The lowest BCUT2D eigenvalue weighted by Gasteiger charge is -2.07. The Kier molecular flexibility index (Phi) is 2.79. The summed E-state index contributed by atoms with van der Waals surface area (Å²) in [5.74, 6) is -0.738. The van der Waals surface area contributed by atoms with E-state index < -0.39 is 5.97 Å². The molecule has 0 saturated heterocycles. The van der Waals surface area contributed by atoms with Crippen LogP contribution in [0, 0.1) is 5.82 Å². The van der Waals surface area contributed by atoms with Crippen LogP contribution in [0.5, 0.6) is 0 Å². The molecule has 4 rings (SSSR count). The molecule has 0 amide bonds. The standard InChI is InChI=1S/C18H14FNO2/c19-16-8-11(10-1-2-10)3-5-13(16)12-4-6-17-14(7-12)15(9-20-17)18(21)22/h3-10,20H,1-2H2,(H,21,22). The molecule has 0 aliphatic heterocycles. The number of nitrogens with one attached hydrogen (secondary N) is 1. The molecule has 0 radical (unpaired) electrons. The number of H-pyrrole nitrogens is 1. The summed E-state index contributed by atoms with van der Waals surface area (Å²) in [6.45, 7) is 0. The number of carboxylic acids is 1. The number of hydrogen-bond acceptors (Lipinski definition) is 1. The summed E-state index contributed by atoms with van der Waals surface area (Å²) < 4.78 is 14.4. The summed E-state index contributed by atoms with van der Waals surface area (Å²) >= 11 is 0. The number of benzene rings is 2. The first-order chi connectivity index (χ1) is 10.6. The average molecular weight is 295 g/mol. The molecule has 2 aromatic carbocycles. The average Bonchev–Trinajstić information content (AvgIpc) is 3.26. The zero-order valence-electron chi connectivity index (χ0n) is 11.8. The van der Waals surface area contributed by atoms with Crippen molar-refractivity contribution < 1.29 is 14.3 Å². The minimum Gasteiger partial charge on any atom is -0.478 e. The molecule has 0 atom stereocenters. The Bertz CT molecular complexity index is 893. The SMILES string of the molecule is O=C(O)c1c[nH]c2ccc(-c3ccc(C4CC4)cc3F)cc12. The lowest BCUT2D eigenvalue weighted by atomic mass is 9.99. The first kappa shape index (κ1) is 13.1. The van der Waals surface area contributed by atoms with Gasteiger partial charge in [0.1, 0.15) is 5.82 Å². The van der Waals surface area contributed by atoms with Gasteiger partial charge in [0, 0.05) is 22.7 Å². The third kappa shape index (κ3) is 2.08. The van der Waals surface area contributed by atoms with E-state index in [0.29, 0.717) is 22.4 Å². The third-order valence-corrected chi connectivity index (χ3v) is 4.27. The minimum absolute atomic E-state index is 0.201. The van der Waals surface area contributed by atoms with E-state index in [9.17, 15) is 14.3 Å². The molecule has 1 fully saturated rings. The quantitative estimate of drug-likeness (QED) is 0.744. The summed E-state index contributed by atoms with van der Waals surface area (Å²) in [4.78, 5) is 14.1. The number of fused-ring (bicyclic) bond motifs is 1. The molecular weight excluding hydrogens is 281 g/mol. The molecule has 1 aliphatic rings. The Balaban J connectivity index is 1.83. The van der Waals surface area contributed by atoms with E-state index in [1.54, 1.807) is 30.3 Å². The molecular formula is C18H14FNO2. The van der Waals surface area contributed by atoms with E-state index in [4.69, 9.17) is 0 Å². The smallest absolute Gasteiger partial charge is 0.337 e. The van der Waals surface area contributed by atoms with Crippen LogP contribution in [0.1, 0.15) is 34.7 Å². The van der Waals surface area contributed by atoms with Gasteiger partial charge in [-0.25, -0.2) is 9.18 Å². The molecule has 110 valence electrons. The number of rotatable bonds is 3. The topological polar surface area (TPSA) is 53.1 Å². The second-order valence-electron chi connectivity index (χ2n) is 5.78. The zero-order valence-corrected chi connectivity index (χ0v) is 11.8. The van der Waals surface area contributed by atoms with Crippen molar-refractivity contribution in [3.05, 3.63) is 59.5 Å². The van der Waals surface area contributed by atoms with Gasteiger partial charge in [-0.2, -0.15) is 0 Å². The van der Waals surface area contributed by atoms with E-state index in [1.165, 1.54) is 6.20 Å². The second kappa shape index (κ2) is 4.70. The first-order valence-corrected chi connectivity index (χ1v) is 7.28. The van der Waals surface area contributed by atoms with E-state index in [1.807, 2.05) is 6.07 Å². The fourth-order valence-electron chi connectivity index (χ4n) is 2.90. The highest BCUT2D eigenvalue weighted by Crippen LogP contribution is 2.41. The minimum atomic E-state index is -0.993. The molecule has 3 nitrogen and oxygen atoms in total. The van der Waals surface area contributed by atoms with Crippen molar-refractivity contribution in [2.75, 3.05) is 0 Å². The fraction of sp³-hybridized carbons (Fsp3) is 0.167. The lowest BCUT2D eigenvalue weighted by molar-refractivity contribution is 0.0699. The highest BCUT2D eigenvalue weighted by Gasteiger charge is 2.24. The summed E-state index contributed by atoms with van der Waals surface area (Å²) in [5, 5.41) is 9.79. The van der Waals surface area contributed by atoms with Crippen LogP contribution < -0.4 is 0 Å². The van der Waals surface area contributed by atoms with Crippen molar-refractivity contribution in [1.82, 2.24) is 4.98 Å². The largest absolute Gasteiger partial charge is 0.478 e. The van der Waals surface area contributed by atoms with Crippen molar-refractivity contribution >= 4 is 16.9 Å². The highest BCUT2D eigenvalue weighted by atomic mass is 19.1. The van der Waals surface area contributed by atoms with Crippen molar-refractivity contribution in [3.8, 4) is 11.1 Å². The zero-order chi connectivity index (χ0) is 15.3. The van der Waals surface area contributed by atoms with Crippen LogP contribution in [0.15, 0.2) is 42.6 Å². The van der Waals surface area contributed by atoms with E-state index in [2.05, 4.69) is 4.98 Å². The predicted molar refractivity (Wildman–Crippen MR) is 82.6 cm³/mol. The number of aromatic carboxylic acids is 1. The van der Waals surface area contributed by atoms with Gasteiger partial charge >= 0.3 is 5.97 Å². The molecule has 2 N–H and O–H groups in total. The van der Waals surface area contributed by atoms with Crippen LogP contribution in [0.25, 0.3) is 22.0 Å². The second-order valence-corrected chi connectivity index (χ2v) is 5.78. The fourth-order valence-corrected chi connectivity index (χ4v) is 2.90. The molecule has 0 bridgehead atoms. The molecule has 0 unspecified atom stereocenters. The van der Waals surface area contributed by atoms with Crippen molar-refractivity contribution in [3.63, 3.8) is 0 Å². The van der Waals surface area contributed by atoms with Crippen LogP contribution in [0.3, 0.4) is 0 Å². The number of hydrogen-bond donors (Lipinski definition) is 2. The molecule has 4 heteroatoms. The van der Waals surface area contributed by atoms with E-state index >= 15 is 0 Å². The van der Waals surface area contributed by atoms with Gasteiger partial charge in [-0.05, 0) is 48.1 Å². The van der Waals surface area contributed by atoms with Gasteiger partial charge in [0.05, 0.1) is 5.56 Å². The van der Waals surface area contributed by atoms with Crippen molar-refractivity contribution in [2.45, 2.75) is 18.8 Å². The number of halogens is 1. The van der Waals surface area contributed by atoms with Crippen molar-refractivity contribution in [2.24, 2.45) is 0 Å². The maximum absolute atomic E-state index is 14.4. The Morgan fingerprint density at radius 1 is 1.18 bits per heavy atom. The number of carbonyl (C=O) groups is 1. The van der Waals surface area contributed by atoms with Crippen LogP contribution >= 0.6 is 0 Å². The van der Waals surface area contributed by atoms with Gasteiger partial charge in [0.25, 0.3) is 0 Å².